The Balaban J connectivity index is 1.41. The van der Waals surface area contributed by atoms with E-state index in [0.29, 0.717) is 32.0 Å². The second-order valence-electron chi connectivity index (χ2n) is 12.1. The number of amides is 3. The number of rotatable bonds is 11. The van der Waals surface area contributed by atoms with Crippen molar-refractivity contribution in [3.63, 3.8) is 0 Å². The molecule has 0 unspecified atom stereocenters. The largest absolute Gasteiger partial charge is 0.459 e. The smallest absolute Gasteiger partial charge is 0.326 e. The summed E-state index contributed by atoms with van der Waals surface area (Å²) in [6, 6.07) is 10.6. The number of aryl methyl sites for hydroxylation is 1. The molecule has 16 heteroatoms. The summed E-state index contributed by atoms with van der Waals surface area (Å²) in [6.07, 6.45) is 2.38. The van der Waals surface area contributed by atoms with Crippen LogP contribution in [0.3, 0.4) is 0 Å². The molecule has 1 atom stereocenters. The number of aliphatic imine (C=N–C) groups is 2. The van der Waals surface area contributed by atoms with Gasteiger partial charge in [0.25, 0.3) is 11.8 Å². The molecule has 3 amide bonds. The van der Waals surface area contributed by atoms with Crippen LogP contribution in [-0.2, 0) is 30.8 Å². The molecule has 2 heterocycles. The maximum atomic E-state index is 13.6. The summed E-state index contributed by atoms with van der Waals surface area (Å²) in [5, 5.41) is 13.9. The van der Waals surface area contributed by atoms with E-state index in [1.54, 1.807) is 45.0 Å². The number of esters is 1. The Morgan fingerprint density at radius 2 is 1.50 bits per heavy atom. The molecule has 15 nitrogen and oxygen atoms in total. The predicted molar refractivity (Wildman–Crippen MR) is 179 cm³/mol. The molecule has 0 saturated heterocycles. The van der Waals surface area contributed by atoms with Gasteiger partial charge in [-0.1, -0.05) is 24.3 Å². The van der Waals surface area contributed by atoms with Gasteiger partial charge in [-0.05, 0) is 69.9 Å². The second kappa shape index (κ2) is 16.3. The lowest BCUT2D eigenvalue weighted by Crippen LogP contribution is -2.50. The maximum absolute atomic E-state index is 13.6. The van der Waals surface area contributed by atoms with Crippen LogP contribution in [0.15, 0.2) is 63.4 Å². The third-order valence-corrected chi connectivity index (χ3v) is 8.55. The van der Waals surface area contributed by atoms with E-state index in [9.17, 15) is 27.6 Å². The molecule has 0 saturated carbocycles. The van der Waals surface area contributed by atoms with Crippen molar-refractivity contribution in [2.75, 3.05) is 32.7 Å². The molecular formula is C32H42N8O7S. The Morgan fingerprint density at radius 3 is 2.10 bits per heavy atom. The maximum Gasteiger partial charge on any atom is 0.326 e. The van der Waals surface area contributed by atoms with Crippen molar-refractivity contribution < 1.29 is 32.3 Å². The number of sulfonamides is 1. The van der Waals surface area contributed by atoms with Crippen LogP contribution in [0, 0.1) is 0 Å². The first-order valence-corrected chi connectivity index (χ1v) is 17.2. The van der Waals surface area contributed by atoms with Crippen LogP contribution < -0.4 is 31.3 Å². The zero-order valence-corrected chi connectivity index (χ0v) is 28.0. The van der Waals surface area contributed by atoms with Gasteiger partial charge in [0, 0.05) is 44.7 Å². The lowest BCUT2D eigenvalue weighted by Gasteiger charge is -2.25. The van der Waals surface area contributed by atoms with Gasteiger partial charge in [-0.25, -0.2) is 8.42 Å². The number of ether oxygens (including phenoxy) is 1. The van der Waals surface area contributed by atoms with Crippen molar-refractivity contribution in [1.29, 1.82) is 0 Å². The first kappa shape index (κ1) is 36.0. The van der Waals surface area contributed by atoms with Gasteiger partial charge in [-0.2, -0.15) is 4.72 Å². The van der Waals surface area contributed by atoms with E-state index in [2.05, 4.69) is 41.3 Å². The lowest BCUT2D eigenvalue weighted by molar-refractivity contribution is -0.156. The number of benzene rings is 2. The third-order valence-electron chi connectivity index (χ3n) is 7.02. The number of hydrogen-bond donors (Lipinski definition) is 6. The van der Waals surface area contributed by atoms with Crippen LogP contribution >= 0.6 is 0 Å². The molecule has 0 fully saturated rings. The summed E-state index contributed by atoms with van der Waals surface area (Å²) < 4.78 is 35.0. The Bertz CT molecular complexity index is 1670. The Morgan fingerprint density at radius 1 is 0.875 bits per heavy atom. The van der Waals surface area contributed by atoms with Gasteiger partial charge in [-0.3, -0.25) is 39.8 Å². The van der Waals surface area contributed by atoms with E-state index in [4.69, 9.17) is 4.74 Å². The highest BCUT2D eigenvalue weighted by Gasteiger charge is 2.32. The highest BCUT2D eigenvalue weighted by Crippen LogP contribution is 2.17. The first-order chi connectivity index (χ1) is 22.8. The summed E-state index contributed by atoms with van der Waals surface area (Å²) in [7, 11) is -4.48. The van der Waals surface area contributed by atoms with Crippen molar-refractivity contribution in [2.24, 2.45) is 9.98 Å². The average molecular weight is 683 g/mol. The molecule has 4 rings (SSSR count). The molecular weight excluding hydrogens is 640 g/mol. The van der Waals surface area contributed by atoms with E-state index in [-0.39, 0.29) is 34.3 Å². The van der Waals surface area contributed by atoms with Crippen LogP contribution in [0.5, 0.6) is 0 Å². The van der Waals surface area contributed by atoms with E-state index in [1.807, 2.05) is 0 Å². The number of carbonyl (C=O) groups excluding carboxylic acids is 4. The number of guanidine groups is 2. The van der Waals surface area contributed by atoms with Crippen molar-refractivity contribution in [2.45, 2.75) is 63.0 Å². The molecule has 0 aliphatic carbocycles. The molecule has 48 heavy (non-hydrogen) atoms. The van der Waals surface area contributed by atoms with E-state index in [0.717, 1.165) is 24.9 Å². The van der Waals surface area contributed by atoms with Gasteiger partial charge < -0.3 is 20.7 Å². The number of carbonyl (C=O) groups is 4. The minimum atomic E-state index is -4.48. The second-order valence-corrected chi connectivity index (χ2v) is 13.8. The van der Waals surface area contributed by atoms with Gasteiger partial charge in [0.05, 0.1) is 10.5 Å². The fourth-order valence-electron chi connectivity index (χ4n) is 4.66. The average Bonchev–Trinajstić information content (AvgIpc) is 3.06. The van der Waals surface area contributed by atoms with Crippen LogP contribution in [0.2, 0.25) is 0 Å². The summed E-state index contributed by atoms with van der Waals surface area (Å²) in [5.41, 5.74) is -0.0302. The molecule has 2 aliphatic heterocycles. The molecule has 2 aromatic carbocycles. The third kappa shape index (κ3) is 10.9. The fraction of sp³-hybridized carbons (Fsp3) is 0.438. The highest BCUT2D eigenvalue weighted by atomic mass is 32.2. The van der Waals surface area contributed by atoms with Crippen LogP contribution in [0.1, 0.15) is 66.3 Å². The summed E-state index contributed by atoms with van der Waals surface area (Å²) in [6.45, 7) is 7.00. The highest BCUT2D eigenvalue weighted by molar-refractivity contribution is 7.89. The molecule has 6 N–H and O–H groups in total. The zero-order chi connectivity index (χ0) is 34.7. The summed E-state index contributed by atoms with van der Waals surface area (Å²) in [4.78, 5) is 59.5. The summed E-state index contributed by atoms with van der Waals surface area (Å²) >= 11 is 0. The SMILES string of the molecule is CC(C)(C)OC(=O)[C@H](CNC(=O)c1ccc(CCC(=O)NC2=NCCCN2)cc1)NS(=O)(=O)c1ccccc1C(=O)NC1=NCCCN1. The van der Waals surface area contributed by atoms with E-state index in [1.165, 1.54) is 24.3 Å². The fourth-order valence-corrected chi connectivity index (χ4v) is 6.05. The molecule has 0 radical (unpaired) electrons. The molecule has 258 valence electrons. The van der Waals surface area contributed by atoms with Gasteiger partial charge in [0.1, 0.15) is 11.6 Å². The van der Waals surface area contributed by atoms with Crippen LogP contribution in [0.25, 0.3) is 0 Å². The Hall–Kier alpha value is -4.83. The minimum absolute atomic E-state index is 0.163. The Labute approximate surface area is 279 Å². The minimum Gasteiger partial charge on any atom is -0.459 e. The molecule has 2 aliphatic rings. The predicted octanol–water partition coefficient (Wildman–Crippen LogP) is 0.582. The zero-order valence-electron chi connectivity index (χ0n) is 27.2. The van der Waals surface area contributed by atoms with Crippen molar-refractivity contribution in [3.05, 3.63) is 65.2 Å². The summed E-state index contributed by atoms with van der Waals surface area (Å²) in [5.74, 6) is -1.65. The molecule has 0 aromatic heterocycles. The standard InChI is InChI=1S/C32H42N8O7S/c1-32(2,3)47-29(44)24(40-48(45,46)25-9-5-4-8-23(25)28(43)39-31-35-18-7-19-36-31)20-37-27(42)22-13-10-21(11-14-22)12-15-26(41)38-30-33-16-6-17-34-30/h4-5,8-11,13-14,24,40H,6-7,12,15-20H2,1-3H3,(H,37,42)(H2,33,34,38,41)(H2,35,36,39,43)/t24-/m0/s1. The number of nitrogens with zero attached hydrogens (tertiary/aromatic N) is 2. The number of hydrogen-bond acceptors (Lipinski definition) is 11. The quantitative estimate of drug-likeness (QED) is 0.183. The van der Waals surface area contributed by atoms with Gasteiger partial charge >= 0.3 is 5.97 Å². The van der Waals surface area contributed by atoms with Crippen molar-refractivity contribution in [3.8, 4) is 0 Å². The van der Waals surface area contributed by atoms with Crippen molar-refractivity contribution in [1.82, 2.24) is 31.3 Å². The van der Waals surface area contributed by atoms with E-state index >= 15 is 0 Å². The molecule has 2 aromatic rings. The van der Waals surface area contributed by atoms with Gasteiger partial charge in [-0.15, -0.1) is 0 Å². The van der Waals surface area contributed by atoms with Crippen LogP contribution in [0.4, 0.5) is 0 Å². The monoisotopic (exact) mass is 682 g/mol. The van der Waals surface area contributed by atoms with Crippen LogP contribution in [-0.4, -0.2) is 88.4 Å². The normalized spacial score (nSPS) is 15.4. The number of nitrogens with one attached hydrogen (secondary N) is 6. The van der Waals surface area contributed by atoms with Gasteiger partial charge in [0.2, 0.25) is 15.9 Å². The molecule has 0 bridgehead atoms. The first-order valence-electron chi connectivity index (χ1n) is 15.7. The van der Waals surface area contributed by atoms with Gasteiger partial charge in [0.15, 0.2) is 11.9 Å². The van der Waals surface area contributed by atoms with Crippen molar-refractivity contribution >= 4 is 45.6 Å². The lowest BCUT2D eigenvalue weighted by atomic mass is 10.1. The molecule has 0 spiro atoms. The van der Waals surface area contributed by atoms with E-state index < -0.39 is 46.0 Å². The topological polar surface area (TPSA) is 209 Å². The Kier molecular flexibility index (Phi) is 12.2.